The van der Waals surface area contributed by atoms with E-state index in [1.54, 1.807) is 5.57 Å². The molecule has 4 fully saturated rings. The van der Waals surface area contributed by atoms with Crippen LogP contribution in [0.25, 0.3) is 0 Å². The van der Waals surface area contributed by atoms with E-state index in [-0.39, 0.29) is 5.79 Å². The van der Waals surface area contributed by atoms with E-state index in [2.05, 4.69) is 6.58 Å². The molecule has 2 nitrogen and oxygen atoms in total. The molecule has 0 unspecified atom stereocenters. The van der Waals surface area contributed by atoms with Crippen molar-refractivity contribution in [1.82, 2.24) is 0 Å². The van der Waals surface area contributed by atoms with Gasteiger partial charge in [0.25, 0.3) is 0 Å². The Morgan fingerprint density at radius 2 is 1.93 bits per heavy atom. The summed E-state index contributed by atoms with van der Waals surface area (Å²) in [4.78, 5) is 0. The molecule has 15 heavy (non-hydrogen) atoms. The second-order valence-corrected chi connectivity index (χ2v) is 5.70. The van der Waals surface area contributed by atoms with Crippen LogP contribution in [-0.2, 0) is 9.47 Å². The zero-order valence-electron chi connectivity index (χ0n) is 9.08. The second kappa shape index (κ2) is 2.67. The van der Waals surface area contributed by atoms with Crippen LogP contribution in [0.1, 0.15) is 25.7 Å². The lowest BCUT2D eigenvalue weighted by atomic mass is 9.74. The maximum atomic E-state index is 5.84. The zero-order valence-corrected chi connectivity index (χ0v) is 9.08. The van der Waals surface area contributed by atoms with Crippen LogP contribution in [0.4, 0.5) is 0 Å². The quantitative estimate of drug-likeness (QED) is 0.566. The van der Waals surface area contributed by atoms with E-state index < -0.39 is 0 Å². The summed E-state index contributed by atoms with van der Waals surface area (Å²) in [6.45, 7) is 5.89. The van der Waals surface area contributed by atoms with Crippen LogP contribution in [0.3, 0.4) is 0 Å². The zero-order chi connectivity index (χ0) is 10.0. The first-order chi connectivity index (χ1) is 7.29. The number of allylic oxidation sites excluding steroid dienone is 1. The van der Waals surface area contributed by atoms with Crippen molar-refractivity contribution in [1.29, 1.82) is 0 Å². The van der Waals surface area contributed by atoms with Gasteiger partial charge in [-0.15, -0.1) is 0 Å². The molecule has 4 rings (SSSR count). The molecule has 0 radical (unpaired) electrons. The summed E-state index contributed by atoms with van der Waals surface area (Å²) in [5.41, 5.74) is 1.55. The first-order valence-electron chi connectivity index (χ1n) is 6.26. The summed E-state index contributed by atoms with van der Waals surface area (Å²) in [5, 5.41) is 0. The van der Waals surface area contributed by atoms with Gasteiger partial charge in [0, 0.05) is 12.8 Å². The topological polar surface area (TPSA) is 18.5 Å². The molecule has 1 saturated heterocycles. The van der Waals surface area contributed by atoms with Crippen LogP contribution in [0, 0.1) is 23.7 Å². The van der Waals surface area contributed by atoms with Gasteiger partial charge in [0.1, 0.15) is 0 Å². The van der Waals surface area contributed by atoms with Crippen molar-refractivity contribution < 1.29 is 9.47 Å². The lowest BCUT2D eigenvalue weighted by Gasteiger charge is -2.39. The van der Waals surface area contributed by atoms with Gasteiger partial charge in [-0.2, -0.15) is 0 Å². The number of fused-ring (bicyclic) bond motifs is 3. The first-order valence-corrected chi connectivity index (χ1v) is 6.26. The van der Waals surface area contributed by atoms with Gasteiger partial charge in [0.2, 0.25) is 0 Å². The summed E-state index contributed by atoms with van der Waals surface area (Å²) in [7, 11) is 0. The van der Waals surface area contributed by atoms with Gasteiger partial charge < -0.3 is 9.47 Å². The van der Waals surface area contributed by atoms with Crippen LogP contribution in [-0.4, -0.2) is 19.0 Å². The van der Waals surface area contributed by atoms with Crippen molar-refractivity contribution in [2.45, 2.75) is 31.5 Å². The van der Waals surface area contributed by atoms with Crippen molar-refractivity contribution in [3.63, 3.8) is 0 Å². The lowest BCUT2D eigenvalue weighted by Crippen LogP contribution is -2.40. The van der Waals surface area contributed by atoms with Crippen LogP contribution < -0.4 is 0 Å². The van der Waals surface area contributed by atoms with Gasteiger partial charge in [-0.1, -0.05) is 12.2 Å². The summed E-state index contributed by atoms with van der Waals surface area (Å²) in [5.74, 6) is 3.25. The van der Waals surface area contributed by atoms with Gasteiger partial charge in [0.05, 0.1) is 13.2 Å². The highest BCUT2D eigenvalue weighted by molar-refractivity contribution is 5.26. The fraction of sp³-hybridized carbons (Fsp3) is 0.846. The summed E-state index contributed by atoms with van der Waals surface area (Å²) in [6, 6.07) is 0. The Labute approximate surface area is 90.6 Å². The van der Waals surface area contributed by atoms with E-state index in [1.807, 2.05) is 0 Å². The highest BCUT2D eigenvalue weighted by Gasteiger charge is 2.60. The highest BCUT2D eigenvalue weighted by Crippen LogP contribution is 2.65. The molecule has 1 spiro atoms. The van der Waals surface area contributed by atoms with Crippen molar-refractivity contribution in [3.8, 4) is 0 Å². The summed E-state index contributed by atoms with van der Waals surface area (Å²) in [6.07, 6.45) is 4.87. The second-order valence-electron chi connectivity index (χ2n) is 5.70. The number of rotatable bonds is 0. The molecular formula is C13H18O2. The van der Waals surface area contributed by atoms with E-state index in [1.165, 1.54) is 12.8 Å². The van der Waals surface area contributed by atoms with Crippen molar-refractivity contribution in [2.24, 2.45) is 23.7 Å². The van der Waals surface area contributed by atoms with Crippen LogP contribution >= 0.6 is 0 Å². The van der Waals surface area contributed by atoms with Crippen molar-refractivity contribution in [3.05, 3.63) is 12.2 Å². The molecule has 1 heterocycles. The third-order valence-corrected chi connectivity index (χ3v) is 5.06. The Balaban J connectivity index is 1.60. The highest BCUT2D eigenvalue weighted by atomic mass is 16.7. The molecule has 0 aromatic carbocycles. The van der Waals surface area contributed by atoms with Crippen LogP contribution in [0.5, 0.6) is 0 Å². The van der Waals surface area contributed by atoms with Gasteiger partial charge in [-0.05, 0) is 36.5 Å². The summed E-state index contributed by atoms with van der Waals surface area (Å²) < 4.78 is 11.7. The SMILES string of the molecule is C=C1[C@H]2CCC3(C[C@@H]2[C@H]2C[C@@H]12)OCCO3. The molecule has 3 saturated carbocycles. The Morgan fingerprint density at radius 1 is 1.13 bits per heavy atom. The predicted molar refractivity (Wildman–Crippen MR) is 56.2 cm³/mol. The maximum absolute atomic E-state index is 5.84. The van der Waals surface area contributed by atoms with Crippen molar-refractivity contribution in [2.75, 3.05) is 13.2 Å². The van der Waals surface area contributed by atoms with Crippen LogP contribution in [0.15, 0.2) is 12.2 Å². The molecule has 0 aromatic heterocycles. The van der Waals surface area contributed by atoms with E-state index in [0.717, 1.165) is 49.7 Å². The number of hydrogen-bond donors (Lipinski definition) is 0. The fourth-order valence-electron chi connectivity index (χ4n) is 4.25. The minimum Gasteiger partial charge on any atom is -0.348 e. The fourth-order valence-corrected chi connectivity index (χ4v) is 4.25. The standard InChI is InChI=1S/C13H18O2/c1-8-9-2-3-13(14-4-5-15-13)7-12(9)11-6-10(8)11/h9-12H,1-7H2/t9-,10+,11+,12+/m1/s1. The molecule has 3 aliphatic carbocycles. The minimum atomic E-state index is -0.182. The third-order valence-electron chi connectivity index (χ3n) is 5.06. The van der Waals surface area contributed by atoms with E-state index in [9.17, 15) is 0 Å². The Kier molecular flexibility index (Phi) is 1.56. The lowest BCUT2D eigenvalue weighted by molar-refractivity contribution is -0.192. The average molecular weight is 206 g/mol. The Bertz CT molecular complexity index is 316. The normalized spacial score (nSPS) is 50.5. The molecule has 0 aromatic rings. The smallest absolute Gasteiger partial charge is 0.168 e. The minimum absolute atomic E-state index is 0.182. The molecule has 4 aliphatic rings. The average Bonchev–Trinajstić information content (AvgIpc) is 2.86. The molecule has 0 N–H and O–H groups in total. The molecule has 2 heteroatoms. The van der Waals surface area contributed by atoms with Gasteiger partial charge in [0.15, 0.2) is 5.79 Å². The van der Waals surface area contributed by atoms with Crippen LogP contribution in [0.2, 0.25) is 0 Å². The Hall–Kier alpha value is -0.340. The van der Waals surface area contributed by atoms with E-state index >= 15 is 0 Å². The molecule has 82 valence electrons. The number of hydrogen-bond acceptors (Lipinski definition) is 2. The monoisotopic (exact) mass is 206 g/mol. The van der Waals surface area contributed by atoms with Gasteiger partial charge in [-0.25, -0.2) is 0 Å². The third kappa shape index (κ3) is 1.07. The maximum Gasteiger partial charge on any atom is 0.168 e. The van der Waals surface area contributed by atoms with E-state index in [4.69, 9.17) is 9.47 Å². The molecule has 0 bridgehead atoms. The largest absolute Gasteiger partial charge is 0.348 e. The van der Waals surface area contributed by atoms with Gasteiger partial charge in [-0.3, -0.25) is 0 Å². The summed E-state index contributed by atoms with van der Waals surface area (Å²) >= 11 is 0. The van der Waals surface area contributed by atoms with E-state index in [0.29, 0.717) is 0 Å². The molecule has 1 aliphatic heterocycles. The molecular weight excluding hydrogens is 188 g/mol. The molecule has 4 atom stereocenters. The number of ether oxygens (including phenoxy) is 2. The molecule has 0 amide bonds. The van der Waals surface area contributed by atoms with Crippen molar-refractivity contribution >= 4 is 0 Å². The predicted octanol–water partition coefficient (Wildman–Crippen LogP) is 2.35. The first kappa shape index (κ1) is 8.77. The van der Waals surface area contributed by atoms with Gasteiger partial charge >= 0.3 is 0 Å². The Morgan fingerprint density at radius 3 is 2.73 bits per heavy atom.